The highest BCUT2D eigenvalue weighted by atomic mass is 16.5. The largest absolute Gasteiger partial charge is 0.467 e. The van der Waals surface area contributed by atoms with E-state index in [1.54, 1.807) is 13.4 Å². The molecule has 6 heteroatoms. The molecule has 1 spiro atoms. The van der Waals surface area contributed by atoms with Crippen LogP contribution in [0, 0.1) is 11.3 Å². The van der Waals surface area contributed by atoms with Crippen LogP contribution in [0.25, 0.3) is 0 Å². The number of nitrogens with one attached hydrogen (secondary N) is 1. The molecule has 128 valence electrons. The minimum Gasteiger partial charge on any atom is -0.467 e. The Kier molecular flexibility index (Phi) is 4.92. The van der Waals surface area contributed by atoms with Crippen LogP contribution in [0.5, 0.6) is 0 Å². The fourth-order valence-electron chi connectivity index (χ4n) is 4.14. The molecule has 0 aromatic carbocycles. The Hall–Kier alpha value is -1.53. The van der Waals surface area contributed by atoms with Gasteiger partial charge < -0.3 is 24.3 Å². The standard InChI is InChI=1S/C17H27N3O3/c1-19-11-14(12-22-2)17(13-19)5-7-20(8-6-17)16(21)18-10-15-4-3-9-23-15/h3-4,9,14H,5-8,10-13H2,1-2H3,(H,18,21). The van der Waals surface area contributed by atoms with Crippen molar-refractivity contribution in [2.75, 3.05) is 46.9 Å². The summed E-state index contributed by atoms with van der Waals surface area (Å²) in [7, 11) is 3.96. The van der Waals surface area contributed by atoms with Gasteiger partial charge >= 0.3 is 6.03 Å². The van der Waals surface area contributed by atoms with E-state index in [0.717, 1.165) is 51.4 Å². The van der Waals surface area contributed by atoms with Gasteiger partial charge in [0.1, 0.15) is 5.76 Å². The number of carbonyl (C=O) groups is 1. The molecule has 0 saturated carbocycles. The van der Waals surface area contributed by atoms with E-state index in [1.165, 1.54) is 0 Å². The Morgan fingerprint density at radius 3 is 2.91 bits per heavy atom. The first kappa shape index (κ1) is 16.3. The van der Waals surface area contributed by atoms with Crippen molar-refractivity contribution in [2.45, 2.75) is 19.4 Å². The lowest BCUT2D eigenvalue weighted by molar-refractivity contribution is 0.0471. The Labute approximate surface area is 137 Å². The average molecular weight is 321 g/mol. The number of hydrogen-bond acceptors (Lipinski definition) is 4. The number of ether oxygens (including phenoxy) is 1. The van der Waals surface area contributed by atoms with Gasteiger partial charge in [0, 0.05) is 39.2 Å². The summed E-state index contributed by atoms with van der Waals surface area (Å²) >= 11 is 0. The van der Waals surface area contributed by atoms with Crippen LogP contribution in [0.3, 0.4) is 0 Å². The van der Waals surface area contributed by atoms with Gasteiger partial charge in [-0.05, 0) is 37.4 Å². The number of piperidine rings is 1. The second kappa shape index (κ2) is 6.93. The Morgan fingerprint density at radius 1 is 1.48 bits per heavy atom. The van der Waals surface area contributed by atoms with E-state index in [4.69, 9.17) is 9.15 Å². The lowest BCUT2D eigenvalue weighted by Gasteiger charge is -2.42. The molecule has 23 heavy (non-hydrogen) atoms. The van der Waals surface area contributed by atoms with Gasteiger partial charge in [0.25, 0.3) is 0 Å². The molecule has 1 atom stereocenters. The van der Waals surface area contributed by atoms with Crippen LogP contribution in [-0.4, -0.2) is 62.8 Å². The second-order valence-electron chi connectivity index (χ2n) is 6.94. The summed E-state index contributed by atoms with van der Waals surface area (Å²) in [5, 5.41) is 2.94. The van der Waals surface area contributed by atoms with Crippen LogP contribution >= 0.6 is 0 Å². The van der Waals surface area contributed by atoms with E-state index in [2.05, 4.69) is 17.3 Å². The second-order valence-corrected chi connectivity index (χ2v) is 6.94. The molecule has 2 amide bonds. The number of furan rings is 1. The van der Waals surface area contributed by atoms with Gasteiger partial charge in [-0.1, -0.05) is 0 Å². The molecule has 1 aromatic heterocycles. The van der Waals surface area contributed by atoms with Crippen molar-refractivity contribution >= 4 is 6.03 Å². The van der Waals surface area contributed by atoms with Crippen LogP contribution in [0.1, 0.15) is 18.6 Å². The SMILES string of the molecule is COCC1CN(C)CC12CCN(C(=O)NCc1ccco1)CC2. The van der Waals surface area contributed by atoms with Crippen LogP contribution in [0.4, 0.5) is 4.79 Å². The minimum absolute atomic E-state index is 0.00546. The molecule has 1 N–H and O–H groups in total. The molecule has 1 unspecified atom stereocenters. The summed E-state index contributed by atoms with van der Waals surface area (Å²) in [6.45, 7) is 5.11. The van der Waals surface area contributed by atoms with Gasteiger partial charge in [0.05, 0.1) is 19.4 Å². The predicted molar refractivity (Wildman–Crippen MR) is 87.0 cm³/mol. The number of carbonyl (C=O) groups excluding carboxylic acids is 1. The molecule has 3 rings (SSSR count). The van der Waals surface area contributed by atoms with Gasteiger partial charge in [-0.25, -0.2) is 4.79 Å². The van der Waals surface area contributed by atoms with Crippen molar-refractivity contribution in [3.8, 4) is 0 Å². The quantitative estimate of drug-likeness (QED) is 0.918. The zero-order valence-electron chi connectivity index (χ0n) is 14.1. The molecule has 6 nitrogen and oxygen atoms in total. The molecule has 1 aromatic rings. The Balaban J connectivity index is 1.52. The van der Waals surface area contributed by atoms with Gasteiger partial charge in [-0.2, -0.15) is 0 Å². The van der Waals surface area contributed by atoms with Crippen molar-refractivity contribution in [3.63, 3.8) is 0 Å². The maximum Gasteiger partial charge on any atom is 0.317 e. The van der Waals surface area contributed by atoms with E-state index in [9.17, 15) is 4.79 Å². The Bertz CT molecular complexity index is 509. The van der Waals surface area contributed by atoms with Crippen molar-refractivity contribution in [1.29, 1.82) is 0 Å². The molecule has 2 aliphatic heterocycles. The topological polar surface area (TPSA) is 58.0 Å². The molecular weight excluding hydrogens is 294 g/mol. The summed E-state index contributed by atoms with van der Waals surface area (Å²) in [6.07, 6.45) is 3.73. The third kappa shape index (κ3) is 3.53. The highest BCUT2D eigenvalue weighted by molar-refractivity contribution is 5.74. The fourth-order valence-corrected chi connectivity index (χ4v) is 4.14. The number of urea groups is 1. The van der Waals surface area contributed by atoms with Crippen LogP contribution in [0.2, 0.25) is 0 Å². The van der Waals surface area contributed by atoms with Crippen molar-refractivity contribution < 1.29 is 13.9 Å². The van der Waals surface area contributed by atoms with Crippen LogP contribution < -0.4 is 5.32 Å². The maximum atomic E-state index is 12.3. The zero-order chi connectivity index (χ0) is 16.3. The molecule has 2 saturated heterocycles. The van der Waals surface area contributed by atoms with Crippen LogP contribution in [0.15, 0.2) is 22.8 Å². The first-order valence-electron chi connectivity index (χ1n) is 8.35. The first-order valence-corrected chi connectivity index (χ1v) is 8.35. The lowest BCUT2D eigenvalue weighted by Crippen LogP contribution is -2.49. The van der Waals surface area contributed by atoms with E-state index in [-0.39, 0.29) is 6.03 Å². The zero-order valence-corrected chi connectivity index (χ0v) is 14.1. The van der Waals surface area contributed by atoms with Gasteiger partial charge in [0.15, 0.2) is 0 Å². The normalized spacial score (nSPS) is 24.3. The molecule has 0 radical (unpaired) electrons. The summed E-state index contributed by atoms with van der Waals surface area (Å²) in [5.74, 6) is 1.36. The summed E-state index contributed by atoms with van der Waals surface area (Å²) in [5.41, 5.74) is 0.308. The summed E-state index contributed by atoms with van der Waals surface area (Å²) < 4.78 is 10.7. The number of rotatable bonds is 4. The van der Waals surface area contributed by atoms with Gasteiger partial charge in [-0.15, -0.1) is 0 Å². The third-order valence-electron chi connectivity index (χ3n) is 5.39. The first-order chi connectivity index (χ1) is 11.1. The summed E-state index contributed by atoms with van der Waals surface area (Å²) in [6, 6.07) is 3.71. The third-order valence-corrected chi connectivity index (χ3v) is 5.39. The van der Waals surface area contributed by atoms with E-state index in [0.29, 0.717) is 17.9 Å². The number of hydrogen-bond donors (Lipinski definition) is 1. The van der Waals surface area contributed by atoms with Crippen molar-refractivity contribution in [2.24, 2.45) is 11.3 Å². The lowest BCUT2D eigenvalue weighted by atomic mass is 9.71. The molecular formula is C17H27N3O3. The van der Waals surface area contributed by atoms with E-state index in [1.807, 2.05) is 17.0 Å². The van der Waals surface area contributed by atoms with Gasteiger partial charge in [-0.3, -0.25) is 0 Å². The smallest absolute Gasteiger partial charge is 0.317 e. The van der Waals surface area contributed by atoms with Crippen molar-refractivity contribution in [1.82, 2.24) is 15.1 Å². The molecule has 0 aliphatic carbocycles. The Morgan fingerprint density at radius 2 is 2.26 bits per heavy atom. The average Bonchev–Trinajstić information content (AvgIpc) is 3.15. The molecule has 3 heterocycles. The number of likely N-dealkylation sites (tertiary alicyclic amines) is 2. The molecule has 2 fully saturated rings. The van der Waals surface area contributed by atoms with Crippen molar-refractivity contribution in [3.05, 3.63) is 24.2 Å². The predicted octanol–water partition coefficient (Wildman–Crippen LogP) is 1.78. The number of amides is 2. The monoisotopic (exact) mass is 321 g/mol. The van der Waals surface area contributed by atoms with Gasteiger partial charge in [0.2, 0.25) is 0 Å². The van der Waals surface area contributed by atoms with E-state index < -0.39 is 0 Å². The highest BCUT2D eigenvalue weighted by Gasteiger charge is 2.47. The molecule has 0 bridgehead atoms. The summed E-state index contributed by atoms with van der Waals surface area (Å²) in [4.78, 5) is 16.6. The highest BCUT2D eigenvalue weighted by Crippen LogP contribution is 2.44. The van der Waals surface area contributed by atoms with Crippen LogP contribution in [-0.2, 0) is 11.3 Å². The number of nitrogens with zero attached hydrogens (tertiary/aromatic N) is 2. The minimum atomic E-state index is 0.00546. The molecule has 2 aliphatic rings. The fraction of sp³-hybridized carbons (Fsp3) is 0.706. The number of methoxy groups -OCH3 is 1. The maximum absolute atomic E-state index is 12.3. The van der Waals surface area contributed by atoms with E-state index >= 15 is 0 Å².